The third-order valence-corrected chi connectivity index (χ3v) is 4.78. The van der Waals surface area contributed by atoms with Crippen molar-refractivity contribution >= 4 is 34.4 Å². The first kappa shape index (κ1) is 11.0. The predicted octanol–water partition coefficient (Wildman–Crippen LogP) is 3.41. The zero-order valence-electron chi connectivity index (χ0n) is 8.56. The summed E-state index contributed by atoms with van der Waals surface area (Å²) in [4.78, 5) is 4.38. The van der Waals surface area contributed by atoms with Crippen LogP contribution in [-0.4, -0.2) is 15.2 Å². The minimum Gasteiger partial charge on any atom is -0.235 e. The predicted molar refractivity (Wildman–Crippen MR) is 64.9 cm³/mol. The van der Waals surface area contributed by atoms with Gasteiger partial charge in [0.05, 0.1) is 0 Å². The molecule has 0 amide bonds. The Balaban J connectivity index is 2.04. The fourth-order valence-electron chi connectivity index (χ4n) is 1.05. The Labute approximate surface area is 101 Å². The van der Waals surface area contributed by atoms with Crippen molar-refractivity contribution in [1.29, 1.82) is 0 Å². The molecule has 0 radical (unpaired) electrons. The summed E-state index contributed by atoms with van der Waals surface area (Å²) < 4.78 is 2.04. The Morgan fingerprint density at radius 2 is 2.20 bits per heavy atom. The monoisotopic (exact) mass is 257 g/mol. The molecule has 80 valence electrons. The van der Waals surface area contributed by atoms with Gasteiger partial charge in [-0.05, 0) is 25.1 Å². The number of aromatic nitrogens is 3. The van der Waals surface area contributed by atoms with Crippen LogP contribution in [-0.2, 0) is 6.42 Å². The van der Waals surface area contributed by atoms with E-state index in [4.69, 9.17) is 0 Å². The van der Waals surface area contributed by atoms with Gasteiger partial charge in [-0.1, -0.05) is 18.3 Å². The minimum atomic E-state index is 0.993. The highest BCUT2D eigenvalue weighted by molar-refractivity contribution is 8.02. The van der Waals surface area contributed by atoms with E-state index in [0.29, 0.717) is 0 Å². The number of nitrogens with zero attached hydrogens (tertiary/aromatic N) is 3. The van der Waals surface area contributed by atoms with Gasteiger partial charge in [0.2, 0.25) is 0 Å². The highest BCUT2D eigenvalue weighted by Crippen LogP contribution is 2.32. The van der Waals surface area contributed by atoms with Crippen molar-refractivity contribution in [3.05, 3.63) is 16.1 Å². The van der Waals surface area contributed by atoms with Gasteiger partial charge < -0.3 is 0 Å². The lowest BCUT2D eigenvalue weighted by Crippen LogP contribution is -1.79. The van der Waals surface area contributed by atoms with Gasteiger partial charge in [0, 0.05) is 17.5 Å². The van der Waals surface area contributed by atoms with E-state index in [0.717, 1.165) is 32.2 Å². The largest absolute Gasteiger partial charge is 0.235 e. The molecule has 0 aliphatic heterocycles. The van der Waals surface area contributed by atoms with Crippen molar-refractivity contribution in [2.75, 3.05) is 0 Å². The maximum Gasteiger partial charge on any atom is 0.181 e. The molecule has 0 aliphatic rings. The van der Waals surface area contributed by atoms with E-state index < -0.39 is 0 Å². The molecule has 0 saturated heterocycles. The standard InChI is InChI=1S/C9H11N3S3/c1-3-4-7-11-12-9(14-7)15-8-10-6(2)5-13-8/h5H,3-4H2,1-2H3. The summed E-state index contributed by atoms with van der Waals surface area (Å²) in [6, 6.07) is 0. The number of hydrogen-bond acceptors (Lipinski definition) is 6. The minimum absolute atomic E-state index is 0.993. The summed E-state index contributed by atoms with van der Waals surface area (Å²) in [6.45, 7) is 4.15. The summed E-state index contributed by atoms with van der Waals surface area (Å²) in [7, 11) is 0. The van der Waals surface area contributed by atoms with E-state index in [1.165, 1.54) is 0 Å². The Morgan fingerprint density at radius 3 is 2.87 bits per heavy atom. The van der Waals surface area contributed by atoms with Crippen LogP contribution in [0.15, 0.2) is 14.1 Å². The SMILES string of the molecule is CCCc1nnc(Sc2nc(C)cs2)s1. The lowest BCUT2D eigenvalue weighted by atomic mass is 10.4. The molecule has 15 heavy (non-hydrogen) atoms. The number of hydrogen-bond donors (Lipinski definition) is 0. The van der Waals surface area contributed by atoms with Crippen LogP contribution in [0, 0.1) is 6.92 Å². The molecule has 0 saturated carbocycles. The summed E-state index contributed by atoms with van der Waals surface area (Å²) in [5.74, 6) is 0. The molecule has 3 nitrogen and oxygen atoms in total. The molecule has 0 spiro atoms. The summed E-state index contributed by atoms with van der Waals surface area (Å²) in [5, 5.41) is 11.4. The molecule has 0 unspecified atom stereocenters. The Kier molecular flexibility index (Phi) is 3.71. The first-order chi connectivity index (χ1) is 7.28. The van der Waals surface area contributed by atoms with Crippen LogP contribution in [0.3, 0.4) is 0 Å². The van der Waals surface area contributed by atoms with Crippen molar-refractivity contribution in [3.8, 4) is 0 Å². The number of aryl methyl sites for hydroxylation is 2. The highest BCUT2D eigenvalue weighted by Gasteiger charge is 2.07. The molecule has 2 aromatic rings. The number of rotatable bonds is 4. The van der Waals surface area contributed by atoms with Gasteiger partial charge >= 0.3 is 0 Å². The van der Waals surface area contributed by atoms with Crippen LogP contribution in [0.5, 0.6) is 0 Å². The summed E-state index contributed by atoms with van der Waals surface area (Å²) >= 11 is 4.93. The Hall–Kier alpha value is -0.460. The fourth-order valence-corrected chi connectivity index (χ4v) is 4.08. The molecule has 2 heterocycles. The van der Waals surface area contributed by atoms with Gasteiger partial charge in [-0.2, -0.15) is 0 Å². The molecular formula is C9H11N3S3. The van der Waals surface area contributed by atoms with Crippen LogP contribution in [0.2, 0.25) is 0 Å². The average molecular weight is 257 g/mol. The quantitative estimate of drug-likeness (QED) is 0.841. The van der Waals surface area contributed by atoms with Gasteiger partial charge in [0.1, 0.15) is 5.01 Å². The van der Waals surface area contributed by atoms with Crippen molar-refractivity contribution in [2.24, 2.45) is 0 Å². The molecular weight excluding hydrogens is 246 g/mol. The first-order valence-electron chi connectivity index (χ1n) is 4.70. The van der Waals surface area contributed by atoms with E-state index in [-0.39, 0.29) is 0 Å². The Morgan fingerprint density at radius 1 is 1.33 bits per heavy atom. The van der Waals surface area contributed by atoms with Crippen LogP contribution in [0.1, 0.15) is 24.0 Å². The molecule has 0 fully saturated rings. The maximum absolute atomic E-state index is 4.38. The second kappa shape index (κ2) is 5.05. The van der Waals surface area contributed by atoms with Crippen LogP contribution < -0.4 is 0 Å². The zero-order chi connectivity index (χ0) is 10.7. The van der Waals surface area contributed by atoms with E-state index in [1.807, 2.05) is 6.92 Å². The molecule has 0 aromatic carbocycles. The van der Waals surface area contributed by atoms with E-state index in [2.05, 4.69) is 27.5 Å². The summed E-state index contributed by atoms with van der Waals surface area (Å²) in [6.07, 6.45) is 2.14. The molecule has 0 aliphatic carbocycles. The molecule has 6 heteroatoms. The highest BCUT2D eigenvalue weighted by atomic mass is 32.2. The molecule has 0 atom stereocenters. The van der Waals surface area contributed by atoms with Crippen molar-refractivity contribution in [3.63, 3.8) is 0 Å². The normalized spacial score (nSPS) is 10.8. The lowest BCUT2D eigenvalue weighted by Gasteiger charge is -1.87. The first-order valence-corrected chi connectivity index (χ1v) is 7.21. The van der Waals surface area contributed by atoms with Gasteiger partial charge in [0.15, 0.2) is 8.68 Å². The fraction of sp³-hybridized carbons (Fsp3) is 0.444. The molecule has 0 N–H and O–H groups in total. The van der Waals surface area contributed by atoms with Crippen molar-refractivity contribution in [2.45, 2.75) is 35.4 Å². The van der Waals surface area contributed by atoms with Crippen molar-refractivity contribution in [1.82, 2.24) is 15.2 Å². The van der Waals surface area contributed by atoms with Crippen LogP contribution in [0.4, 0.5) is 0 Å². The zero-order valence-corrected chi connectivity index (χ0v) is 11.0. The second-order valence-corrected chi connectivity index (χ2v) is 6.48. The summed E-state index contributed by atoms with van der Waals surface area (Å²) in [5.41, 5.74) is 1.07. The molecule has 2 aromatic heterocycles. The van der Waals surface area contributed by atoms with E-state index in [9.17, 15) is 0 Å². The average Bonchev–Trinajstić information content (AvgIpc) is 2.78. The van der Waals surface area contributed by atoms with Crippen LogP contribution >= 0.6 is 34.4 Å². The third kappa shape index (κ3) is 2.99. The topological polar surface area (TPSA) is 38.7 Å². The van der Waals surface area contributed by atoms with E-state index in [1.54, 1.807) is 34.4 Å². The second-order valence-electron chi connectivity index (χ2n) is 3.07. The third-order valence-electron chi connectivity index (χ3n) is 1.68. The van der Waals surface area contributed by atoms with Gasteiger partial charge in [-0.3, -0.25) is 0 Å². The van der Waals surface area contributed by atoms with Crippen molar-refractivity contribution < 1.29 is 0 Å². The van der Waals surface area contributed by atoms with Gasteiger partial charge in [-0.25, -0.2) is 4.98 Å². The van der Waals surface area contributed by atoms with Gasteiger partial charge in [0.25, 0.3) is 0 Å². The maximum atomic E-state index is 4.38. The van der Waals surface area contributed by atoms with Crippen LogP contribution in [0.25, 0.3) is 0 Å². The number of thiazole rings is 1. The Bertz CT molecular complexity index is 435. The smallest absolute Gasteiger partial charge is 0.181 e. The lowest BCUT2D eigenvalue weighted by molar-refractivity contribution is 0.866. The molecule has 0 bridgehead atoms. The van der Waals surface area contributed by atoms with Gasteiger partial charge in [-0.15, -0.1) is 21.5 Å². The van der Waals surface area contributed by atoms with E-state index >= 15 is 0 Å². The molecule has 2 rings (SSSR count).